The van der Waals surface area contributed by atoms with E-state index in [0.717, 1.165) is 38.5 Å². The maximum absolute atomic E-state index is 10.1. The van der Waals surface area contributed by atoms with E-state index in [1.165, 1.54) is 6.42 Å². The molecule has 0 bridgehead atoms. The van der Waals surface area contributed by atoms with E-state index in [-0.39, 0.29) is 6.10 Å². The van der Waals surface area contributed by atoms with E-state index in [4.69, 9.17) is 4.74 Å². The molecular weight excluding hydrogens is 214 g/mol. The van der Waals surface area contributed by atoms with Crippen LogP contribution in [0, 0.1) is 11.8 Å². The molecule has 17 heavy (non-hydrogen) atoms. The highest BCUT2D eigenvalue weighted by molar-refractivity contribution is 4.81. The van der Waals surface area contributed by atoms with Crippen molar-refractivity contribution < 1.29 is 9.84 Å². The molecule has 1 aliphatic rings. The zero-order chi connectivity index (χ0) is 12.8. The van der Waals surface area contributed by atoms with Crippen LogP contribution in [0.15, 0.2) is 0 Å². The predicted octanol–water partition coefficient (Wildman–Crippen LogP) is 2.14. The molecule has 0 aromatic heterocycles. The largest absolute Gasteiger partial charge is 0.393 e. The van der Waals surface area contributed by atoms with Crippen molar-refractivity contribution in [3.63, 3.8) is 0 Å². The van der Waals surface area contributed by atoms with Crippen LogP contribution >= 0.6 is 0 Å². The van der Waals surface area contributed by atoms with Gasteiger partial charge in [0.1, 0.15) is 0 Å². The Balaban J connectivity index is 2.46. The molecule has 0 radical (unpaired) electrons. The lowest BCUT2D eigenvalue weighted by Crippen LogP contribution is -2.42. The van der Waals surface area contributed by atoms with Gasteiger partial charge in [-0.3, -0.25) is 4.90 Å². The van der Waals surface area contributed by atoms with E-state index in [0.29, 0.717) is 12.0 Å². The second kappa shape index (κ2) is 7.34. The van der Waals surface area contributed by atoms with Gasteiger partial charge < -0.3 is 9.84 Å². The molecule has 0 amide bonds. The summed E-state index contributed by atoms with van der Waals surface area (Å²) in [5.74, 6) is 1.21. The third-order valence-corrected chi connectivity index (χ3v) is 3.99. The first kappa shape index (κ1) is 14.9. The zero-order valence-electron chi connectivity index (χ0n) is 11.9. The van der Waals surface area contributed by atoms with Crippen LogP contribution in [0.2, 0.25) is 0 Å². The minimum absolute atomic E-state index is 0.102. The van der Waals surface area contributed by atoms with Crippen molar-refractivity contribution in [1.29, 1.82) is 0 Å². The van der Waals surface area contributed by atoms with Crippen molar-refractivity contribution in [2.75, 3.05) is 26.8 Å². The van der Waals surface area contributed by atoms with Crippen LogP contribution in [0.1, 0.15) is 40.0 Å². The summed E-state index contributed by atoms with van der Waals surface area (Å²) in [4.78, 5) is 2.43. The molecule has 0 saturated heterocycles. The van der Waals surface area contributed by atoms with Crippen molar-refractivity contribution in [2.45, 2.75) is 52.2 Å². The number of aliphatic hydroxyl groups is 1. The van der Waals surface area contributed by atoms with E-state index in [9.17, 15) is 5.11 Å². The van der Waals surface area contributed by atoms with Crippen molar-refractivity contribution in [3.05, 3.63) is 0 Å². The lowest BCUT2D eigenvalue weighted by Gasteiger charge is -2.37. The monoisotopic (exact) mass is 243 g/mol. The zero-order valence-corrected chi connectivity index (χ0v) is 11.9. The fourth-order valence-electron chi connectivity index (χ4n) is 2.75. The van der Waals surface area contributed by atoms with E-state index < -0.39 is 0 Å². The van der Waals surface area contributed by atoms with Crippen LogP contribution in [-0.2, 0) is 4.74 Å². The summed E-state index contributed by atoms with van der Waals surface area (Å²) in [6.45, 7) is 9.48. The molecule has 3 atom stereocenters. The van der Waals surface area contributed by atoms with Crippen LogP contribution in [0.25, 0.3) is 0 Å². The Labute approximate surface area is 106 Å². The van der Waals surface area contributed by atoms with Gasteiger partial charge in [-0.05, 0) is 44.9 Å². The number of aliphatic hydroxyl groups excluding tert-OH is 1. The number of nitrogens with zero attached hydrogens (tertiary/aromatic N) is 1. The van der Waals surface area contributed by atoms with Gasteiger partial charge in [0.05, 0.1) is 12.7 Å². The molecule has 0 aromatic carbocycles. The lowest BCUT2D eigenvalue weighted by molar-refractivity contribution is 0.0187. The first-order chi connectivity index (χ1) is 8.04. The molecule has 1 aliphatic carbocycles. The molecule has 1 N–H and O–H groups in total. The van der Waals surface area contributed by atoms with Gasteiger partial charge in [-0.2, -0.15) is 0 Å². The summed E-state index contributed by atoms with van der Waals surface area (Å²) in [5.41, 5.74) is 0. The number of methoxy groups -OCH3 is 1. The maximum atomic E-state index is 10.1. The van der Waals surface area contributed by atoms with Crippen LogP contribution in [-0.4, -0.2) is 49.0 Å². The van der Waals surface area contributed by atoms with Gasteiger partial charge in [-0.25, -0.2) is 0 Å². The van der Waals surface area contributed by atoms with Gasteiger partial charge in [0, 0.05) is 26.2 Å². The quantitative estimate of drug-likeness (QED) is 0.776. The van der Waals surface area contributed by atoms with Crippen LogP contribution in [0.4, 0.5) is 0 Å². The molecule has 1 fully saturated rings. The van der Waals surface area contributed by atoms with E-state index in [1.54, 1.807) is 7.11 Å². The number of ether oxygens (including phenoxy) is 1. The Morgan fingerprint density at radius 2 is 2.06 bits per heavy atom. The van der Waals surface area contributed by atoms with Gasteiger partial charge >= 0.3 is 0 Å². The standard InChI is InChI=1S/C14H29NO2/c1-11(2)15(7-8-17-4)10-13-9-12(3)5-6-14(13)16/h11-14,16H,5-10H2,1-4H3. The SMILES string of the molecule is COCCN(CC1CC(C)CCC1O)C(C)C. The van der Waals surface area contributed by atoms with Crippen LogP contribution in [0.5, 0.6) is 0 Å². The average molecular weight is 243 g/mol. The van der Waals surface area contributed by atoms with Crippen molar-refractivity contribution in [1.82, 2.24) is 4.90 Å². The van der Waals surface area contributed by atoms with Gasteiger partial charge in [0.2, 0.25) is 0 Å². The van der Waals surface area contributed by atoms with Crippen molar-refractivity contribution in [2.24, 2.45) is 11.8 Å². The minimum Gasteiger partial charge on any atom is -0.393 e. The Kier molecular flexibility index (Phi) is 6.45. The highest BCUT2D eigenvalue weighted by Crippen LogP contribution is 2.29. The summed E-state index contributed by atoms with van der Waals surface area (Å²) in [5, 5.41) is 10.1. The first-order valence-corrected chi connectivity index (χ1v) is 6.95. The highest BCUT2D eigenvalue weighted by Gasteiger charge is 2.29. The Bertz CT molecular complexity index is 208. The fourth-order valence-corrected chi connectivity index (χ4v) is 2.75. The van der Waals surface area contributed by atoms with Gasteiger partial charge in [0.25, 0.3) is 0 Å². The smallest absolute Gasteiger partial charge is 0.0589 e. The second-order valence-corrected chi connectivity index (χ2v) is 5.83. The molecule has 0 aromatic rings. The van der Waals surface area contributed by atoms with Gasteiger partial charge in [0.15, 0.2) is 0 Å². The third kappa shape index (κ3) is 4.94. The van der Waals surface area contributed by atoms with Crippen molar-refractivity contribution in [3.8, 4) is 0 Å². The molecule has 1 saturated carbocycles. The Hall–Kier alpha value is -0.120. The summed E-state index contributed by atoms with van der Waals surface area (Å²) < 4.78 is 5.16. The van der Waals surface area contributed by atoms with Crippen molar-refractivity contribution >= 4 is 0 Å². The molecule has 0 aliphatic heterocycles. The molecule has 1 rings (SSSR count). The topological polar surface area (TPSA) is 32.7 Å². The number of hydrogen-bond acceptors (Lipinski definition) is 3. The third-order valence-electron chi connectivity index (χ3n) is 3.99. The van der Waals surface area contributed by atoms with Gasteiger partial charge in [-0.1, -0.05) is 6.92 Å². The summed E-state index contributed by atoms with van der Waals surface area (Å²) in [6.07, 6.45) is 3.21. The summed E-state index contributed by atoms with van der Waals surface area (Å²) in [6, 6.07) is 0.523. The molecule has 0 spiro atoms. The Morgan fingerprint density at radius 1 is 1.35 bits per heavy atom. The molecule has 3 heteroatoms. The number of hydrogen-bond donors (Lipinski definition) is 1. The van der Waals surface area contributed by atoms with E-state index in [1.807, 2.05) is 0 Å². The normalized spacial score (nSPS) is 30.2. The average Bonchev–Trinajstić information content (AvgIpc) is 2.28. The molecule has 0 heterocycles. The number of rotatable bonds is 6. The second-order valence-electron chi connectivity index (χ2n) is 5.83. The highest BCUT2D eigenvalue weighted by atomic mass is 16.5. The van der Waals surface area contributed by atoms with Crippen LogP contribution in [0.3, 0.4) is 0 Å². The predicted molar refractivity (Wildman–Crippen MR) is 71.1 cm³/mol. The maximum Gasteiger partial charge on any atom is 0.0589 e. The van der Waals surface area contributed by atoms with E-state index in [2.05, 4.69) is 25.7 Å². The fraction of sp³-hybridized carbons (Fsp3) is 1.00. The van der Waals surface area contributed by atoms with E-state index >= 15 is 0 Å². The molecular formula is C14H29NO2. The minimum atomic E-state index is -0.102. The van der Waals surface area contributed by atoms with Gasteiger partial charge in [-0.15, -0.1) is 0 Å². The Morgan fingerprint density at radius 3 is 2.65 bits per heavy atom. The van der Waals surface area contributed by atoms with Crippen LogP contribution < -0.4 is 0 Å². The lowest BCUT2D eigenvalue weighted by atomic mass is 9.80. The molecule has 3 nitrogen and oxygen atoms in total. The summed E-state index contributed by atoms with van der Waals surface area (Å²) >= 11 is 0. The molecule has 102 valence electrons. The summed E-state index contributed by atoms with van der Waals surface area (Å²) in [7, 11) is 1.75. The molecule has 3 unspecified atom stereocenters. The first-order valence-electron chi connectivity index (χ1n) is 6.95.